The lowest BCUT2D eigenvalue weighted by molar-refractivity contribution is -0.141. The first kappa shape index (κ1) is 29.4. The number of esters is 1. The zero-order chi connectivity index (χ0) is 29.4. The Morgan fingerprint density at radius 1 is 0.707 bits per heavy atom. The maximum absolute atomic E-state index is 12.6. The molecule has 3 aromatic carbocycles. The maximum atomic E-state index is 12.6. The van der Waals surface area contributed by atoms with Gasteiger partial charge < -0.3 is 38.5 Å². The second kappa shape index (κ2) is 13.6. The summed E-state index contributed by atoms with van der Waals surface area (Å²) in [5, 5.41) is 2.72. The van der Waals surface area contributed by atoms with Gasteiger partial charge in [-0.05, 0) is 65.9 Å². The third kappa shape index (κ3) is 7.13. The largest absolute Gasteiger partial charge is 0.493 e. The van der Waals surface area contributed by atoms with E-state index in [-0.39, 0.29) is 30.1 Å². The molecule has 1 saturated heterocycles. The molecular weight excluding hydrogens is 530 g/mol. The number of hydrogen-bond donors (Lipinski definition) is 1. The Kier molecular flexibility index (Phi) is 9.78. The van der Waals surface area contributed by atoms with Crippen LogP contribution in [0.2, 0.25) is 0 Å². The highest BCUT2D eigenvalue weighted by Gasteiger charge is 2.37. The van der Waals surface area contributed by atoms with E-state index in [2.05, 4.69) is 5.32 Å². The van der Waals surface area contributed by atoms with Gasteiger partial charge in [-0.2, -0.15) is 0 Å². The van der Waals surface area contributed by atoms with Crippen LogP contribution >= 0.6 is 0 Å². The van der Waals surface area contributed by atoms with Crippen LogP contribution in [0.25, 0.3) is 0 Å². The number of benzene rings is 3. The highest BCUT2D eigenvalue weighted by Crippen LogP contribution is 2.35. The Morgan fingerprint density at radius 3 is 1.78 bits per heavy atom. The monoisotopic (exact) mass is 565 g/mol. The van der Waals surface area contributed by atoms with E-state index < -0.39 is 6.09 Å². The first-order valence-electron chi connectivity index (χ1n) is 13.1. The second-order valence-corrected chi connectivity index (χ2v) is 9.51. The molecule has 1 amide bonds. The van der Waals surface area contributed by atoms with Gasteiger partial charge in [0.25, 0.3) is 0 Å². The third-order valence-corrected chi connectivity index (χ3v) is 7.03. The Balaban J connectivity index is 1.39. The number of amides is 1. The van der Waals surface area contributed by atoms with Crippen LogP contribution in [0.4, 0.5) is 4.79 Å². The number of rotatable bonds is 12. The average Bonchev–Trinajstić information content (AvgIpc) is 3.34. The molecule has 2 atom stereocenters. The molecule has 0 aromatic heterocycles. The van der Waals surface area contributed by atoms with E-state index in [1.807, 2.05) is 30.3 Å². The van der Waals surface area contributed by atoms with Crippen molar-refractivity contribution in [3.63, 3.8) is 0 Å². The molecule has 0 unspecified atom stereocenters. The van der Waals surface area contributed by atoms with Crippen LogP contribution in [0.15, 0.2) is 54.6 Å². The van der Waals surface area contributed by atoms with Gasteiger partial charge in [0.15, 0.2) is 34.5 Å². The standard InChI is InChI=1S/C31H35NO9/c1-35-24-9-6-19(14-27(24)37-3)12-22-18-40-30(33)23(22)13-20-7-11-26(29(15-20)39-5)41-31(34)32-17-21-8-10-25(36-2)28(16-21)38-4/h6-11,14-16,22-23H,12-13,17-18H2,1-5H3,(H,32,34)/t22-,23+/m0/s1. The number of hydrogen-bond acceptors (Lipinski definition) is 9. The van der Waals surface area contributed by atoms with Crippen LogP contribution in [0, 0.1) is 11.8 Å². The Bertz CT molecular complexity index is 1370. The topological polar surface area (TPSA) is 111 Å². The highest BCUT2D eigenvalue weighted by molar-refractivity contribution is 5.75. The fourth-order valence-corrected chi connectivity index (χ4v) is 4.84. The molecular formula is C31H35NO9. The van der Waals surface area contributed by atoms with Gasteiger partial charge in [-0.15, -0.1) is 0 Å². The first-order valence-corrected chi connectivity index (χ1v) is 13.1. The predicted molar refractivity (Wildman–Crippen MR) is 150 cm³/mol. The summed E-state index contributed by atoms with van der Waals surface area (Å²) in [6, 6.07) is 16.4. The molecule has 4 rings (SSSR count). The molecule has 0 radical (unpaired) electrons. The van der Waals surface area contributed by atoms with Gasteiger partial charge in [-0.3, -0.25) is 4.79 Å². The summed E-state index contributed by atoms with van der Waals surface area (Å²) < 4.78 is 37.7. The number of nitrogens with one attached hydrogen (secondary N) is 1. The van der Waals surface area contributed by atoms with Crippen molar-refractivity contribution in [1.29, 1.82) is 0 Å². The predicted octanol–water partition coefficient (Wildman–Crippen LogP) is 4.59. The Hall–Kier alpha value is -4.60. The molecule has 0 aliphatic carbocycles. The molecule has 1 aliphatic heterocycles. The van der Waals surface area contributed by atoms with Gasteiger partial charge in [0.1, 0.15) is 0 Å². The highest BCUT2D eigenvalue weighted by atomic mass is 16.6. The maximum Gasteiger partial charge on any atom is 0.413 e. The number of cyclic esters (lactones) is 1. The molecule has 10 nitrogen and oxygen atoms in total. The molecule has 0 bridgehead atoms. The van der Waals surface area contributed by atoms with E-state index in [0.717, 1.165) is 16.7 Å². The van der Waals surface area contributed by atoms with Crippen LogP contribution in [0.1, 0.15) is 16.7 Å². The van der Waals surface area contributed by atoms with Gasteiger partial charge in [0, 0.05) is 12.5 Å². The van der Waals surface area contributed by atoms with Crippen molar-refractivity contribution < 1.29 is 42.7 Å². The van der Waals surface area contributed by atoms with E-state index in [4.69, 9.17) is 33.2 Å². The van der Waals surface area contributed by atoms with Crippen LogP contribution in [-0.4, -0.2) is 54.2 Å². The molecule has 1 fully saturated rings. The average molecular weight is 566 g/mol. The fraction of sp³-hybridized carbons (Fsp3) is 0.355. The quantitative estimate of drug-likeness (QED) is 0.315. The van der Waals surface area contributed by atoms with Crippen molar-refractivity contribution in [2.75, 3.05) is 42.2 Å². The molecule has 218 valence electrons. The first-order chi connectivity index (χ1) is 19.9. The lowest BCUT2D eigenvalue weighted by Gasteiger charge is -2.17. The normalized spacial score (nSPS) is 16.0. The molecule has 10 heteroatoms. The van der Waals surface area contributed by atoms with Gasteiger partial charge in [-0.1, -0.05) is 18.2 Å². The summed E-state index contributed by atoms with van der Waals surface area (Å²) in [5.41, 5.74) is 2.70. The molecule has 1 heterocycles. The van der Waals surface area contributed by atoms with Gasteiger partial charge in [0.05, 0.1) is 48.1 Å². The van der Waals surface area contributed by atoms with Crippen molar-refractivity contribution >= 4 is 12.1 Å². The van der Waals surface area contributed by atoms with E-state index in [1.165, 1.54) is 7.11 Å². The molecule has 3 aromatic rings. The van der Waals surface area contributed by atoms with E-state index >= 15 is 0 Å². The minimum atomic E-state index is -0.639. The number of methoxy groups -OCH3 is 5. The minimum absolute atomic E-state index is 0.00937. The number of carbonyl (C=O) groups excluding carboxylic acids is 2. The van der Waals surface area contributed by atoms with Crippen molar-refractivity contribution in [1.82, 2.24) is 5.32 Å². The lowest BCUT2D eigenvalue weighted by Crippen LogP contribution is -2.26. The summed E-state index contributed by atoms with van der Waals surface area (Å²) >= 11 is 0. The van der Waals surface area contributed by atoms with Crippen LogP contribution in [0.3, 0.4) is 0 Å². The lowest BCUT2D eigenvalue weighted by atomic mass is 9.85. The number of ether oxygens (including phenoxy) is 7. The SMILES string of the molecule is COc1ccc(CNC(=O)Oc2ccc(C[C@H]3C(=O)OC[C@@H]3Cc3ccc(OC)c(OC)c3)cc2OC)cc1OC. The summed E-state index contributed by atoms with van der Waals surface area (Å²) in [6.07, 6.45) is 0.467. The van der Waals surface area contributed by atoms with Crippen molar-refractivity contribution in [3.8, 4) is 34.5 Å². The van der Waals surface area contributed by atoms with Gasteiger partial charge >= 0.3 is 12.1 Å². The molecule has 1 N–H and O–H groups in total. The summed E-state index contributed by atoms with van der Waals surface area (Å²) in [4.78, 5) is 25.2. The van der Waals surface area contributed by atoms with Crippen molar-refractivity contribution in [3.05, 3.63) is 71.3 Å². The molecule has 1 aliphatic rings. The Morgan fingerprint density at radius 2 is 1.20 bits per heavy atom. The summed E-state index contributed by atoms with van der Waals surface area (Å²) in [6.45, 7) is 0.571. The molecule has 41 heavy (non-hydrogen) atoms. The number of carbonyl (C=O) groups is 2. The fourth-order valence-electron chi connectivity index (χ4n) is 4.84. The zero-order valence-corrected chi connectivity index (χ0v) is 23.9. The van der Waals surface area contributed by atoms with Crippen LogP contribution < -0.4 is 33.7 Å². The molecule has 0 spiro atoms. The van der Waals surface area contributed by atoms with Gasteiger partial charge in [-0.25, -0.2) is 4.79 Å². The molecule has 0 saturated carbocycles. The zero-order valence-electron chi connectivity index (χ0n) is 23.9. The smallest absolute Gasteiger partial charge is 0.413 e. The summed E-state index contributed by atoms with van der Waals surface area (Å²) in [7, 11) is 7.79. The minimum Gasteiger partial charge on any atom is -0.493 e. The van der Waals surface area contributed by atoms with Crippen molar-refractivity contribution in [2.45, 2.75) is 19.4 Å². The van der Waals surface area contributed by atoms with Crippen LogP contribution in [-0.2, 0) is 28.9 Å². The van der Waals surface area contributed by atoms with Gasteiger partial charge in [0.2, 0.25) is 0 Å². The Labute approximate surface area is 239 Å². The second-order valence-electron chi connectivity index (χ2n) is 9.51. The van der Waals surface area contributed by atoms with Crippen LogP contribution in [0.5, 0.6) is 34.5 Å². The third-order valence-electron chi connectivity index (χ3n) is 7.03. The van der Waals surface area contributed by atoms with Crippen molar-refractivity contribution in [2.24, 2.45) is 11.8 Å². The van der Waals surface area contributed by atoms with E-state index in [1.54, 1.807) is 52.7 Å². The summed E-state index contributed by atoms with van der Waals surface area (Å²) in [5.74, 6) is 2.52. The van der Waals surface area contributed by atoms with E-state index in [9.17, 15) is 9.59 Å². The van der Waals surface area contributed by atoms with E-state index in [0.29, 0.717) is 48.2 Å².